The lowest BCUT2D eigenvalue weighted by Crippen LogP contribution is -2.34. The molecule has 3 rings (SSSR count). The molecule has 0 spiro atoms. The fraction of sp³-hybridized carbons (Fsp3) is 0.455. The Kier molecular flexibility index (Phi) is 5.11. The van der Waals surface area contributed by atoms with Gasteiger partial charge in [-0.25, -0.2) is 0 Å². The molecule has 2 aromatic carbocycles. The van der Waals surface area contributed by atoms with Crippen LogP contribution in [0.2, 0.25) is 5.02 Å². The highest BCUT2D eigenvalue weighted by Gasteiger charge is 2.42. The van der Waals surface area contributed by atoms with Crippen molar-refractivity contribution in [3.63, 3.8) is 0 Å². The van der Waals surface area contributed by atoms with Crippen LogP contribution in [0.4, 0.5) is 13.2 Å². The summed E-state index contributed by atoms with van der Waals surface area (Å²) in [7, 11) is 0. The molecule has 1 aliphatic rings. The smallest absolute Gasteiger partial charge is 0.166 e. The Bertz CT molecular complexity index is 932. The number of alkyl halides is 3. The second kappa shape index (κ2) is 6.87. The lowest BCUT2D eigenvalue weighted by Gasteiger charge is -2.42. The fourth-order valence-corrected chi connectivity index (χ4v) is 4.24. The molecular formula is C22H23ClF3NO. The van der Waals surface area contributed by atoms with Gasteiger partial charge in [-0.3, -0.25) is 0 Å². The van der Waals surface area contributed by atoms with Crippen molar-refractivity contribution in [3.8, 4) is 11.1 Å². The molecule has 0 aliphatic heterocycles. The quantitative estimate of drug-likeness (QED) is 0.479. The molecule has 2 nitrogen and oxygen atoms in total. The van der Waals surface area contributed by atoms with Crippen molar-refractivity contribution in [2.45, 2.75) is 64.1 Å². The van der Waals surface area contributed by atoms with Crippen LogP contribution >= 0.6 is 11.6 Å². The van der Waals surface area contributed by atoms with Gasteiger partial charge in [0.25, 0.3) is 0 Å². The number of nitrogens with zero attached hydrogens (tertiary/aromatic N) is 1. The lowest BCUT2D eigenvalue weighted by molar-refractivity contribution is -0.137. The van der Waals surface area contributed by atoms with Crippen molar-refractivity contribution < 1.29 is 13.2 Å². The van der Waals surface area contributed by atoms with Gasteiger partial charge in [0, 0.05) is 10.6 Å². The van der Waals surface area contributed by atoms with Gasteiger partial charge in [-0.1, -0.05) is 50.5 Å². The number of fused-ring (bicyclic) bond motifs is 1. The van der Waals surface area contributed by atoms with Crippen LogP contribution in [0.5, 0.6) is 0 Å². The molecule has 0 aromatic heterocycles. The maximum absolute atomic E-state index is 14.0. The zero-order chi connectivity index (χ0) is 20.9. The molecule has 0 unspecified atom stereocenters. The number of hydrogen-bond acceptors (Lipinski definition) is 2. The topological polar surface area (TPSA) is 29.4 Å². The lowest BCUT2D eigenvalue weighted by atomic mass is 9.62. The summed E-state index contributed by atoms with van der Waals surface area (Å²) >= 11 is 6.29. The minimum absolute atomic E-state index is 0.0507. The Morgan fingerprint density at radius 3 is 2.07 bits per heavy atom. The zero-order valence-corrected chi connectivity index (χ0v) is 17.1. The van der Waals surface area contributed by atoms with Gasteiger partial charge < -0.3 is 0 Å². The average Bonchev–Trinajstić information content (AvgIpc) is 2.59. The third kappa shape index (κ3) is 3.69. The van der Waals surface area contributed by atoms with E-state index < -0.39 is 11.7 Å². The monoisotopic (exact) mass is 409 g/mol. The molecule has 150 valence electrons. The SMILES string of the molecule is CC1(C)CCC(C)(C)c2cc(C(F)(F)F)c(-c3cc(CN=O)ccc3Cl)cc21. The number of hydrogen-bond donors (Lipinski definition) is 0. The third-order valence-electron chi connectivity index (χ3n) is 5.86. The van der Waals surface area contributed by atoms with E-state index in [1.54, 1.807) is 12.1 Å². The Labute approximate surface area is 168 Å². The van der Waals surface area contributed by atoms with Gasteiger partial charge in [0.1, 0.15) is 6.54 Å². The van der Waals surface area contributed by atoms with E-state index in [1.165, 1.54) is 18.2 Å². The van der Waals surface area contributed by atoms with Gasteiger partial charge >= 0.3 is 6.18 Å². The highest BCUT2D eigenvalue weighted by molar-refractivity contribution is 6.33. The Morgan fingerprint density at radius 1 is 0.964 bits per heavy atom. The van der Waals surface area contributed by atoms with Crippen molar-refractivity contribution in [1.82, 2.24) is 0 Å². The van der Waals surface area contributed by atoms with Crippen LogP contribution in [0, 0.1) is 4.91 Å². The van der Waals surface area contributed by atoms with Crippen molar-refractivity contribution in [2.24, 2.45) is 5.18 Å². The minimum atomic E-state index is -4.52. The van der Waals surface area contributed by atoms with Crippen LogP contribution in [0.1, 0.15) is 62.8 Å². The van der Waals surface area contributed by atoms with Gasteiger partial charge in [0.15, 0.2) is 0 Å². The van der Waals surface area contributed by atoms with E-state index in [0.29, 0.717) is 5.56 Å². The van der Waals surface area contributed by atoms with Crippen molar-refractivity contribution >= 4 is 11.6 Å². The van der Waals surface area contributed by atoms with E-state index in [1.807, 2.05) is 13.8 Å². The van der Waals surface area contributed by atoms with E-state index in [-0.39, 0.29) is 33.5 Å². The highest BCUT2D eigenvalue weighted by atomic mass is 35.5. The van der Waals surface area contributed by atoms with E-state index in [2.05, 4.69) is 19.0 Å². The number of halogens is 4. The van der Waals surface area contributed by atoms with Crippen LogP contribution in [-0.4, -0.2) is 0 Å². The van der Waals surface area contributed by atoms with Crippen LogP contribution in [0.25, 0.3) is 11.1 Å². The van der Waals surface area contributed by atoms with Gasteiger partial charge in [-0.2, -0.15) is 18.1 Å². The third-order valence-corrected chi connectivity index (χ3v) is 6.19. The summed E-state index contributed by atoms with van der Waals surface area (Å²) in [6.07, 6.45) is -2.81. The Morgan fingerprint density at radius 2 is 1.54 bits per heavy atom. The predicted molar refractivity (Wildman–Crippen MR) is 107 cm³/mol. The second-order valence-corrected chi connectivity index (χ2v) is 9.22. The van der Waals surface area contributed by atoms with E-state index in [0.717, 1.165) is 24.0 Å². The van der Waals surface area contributed by atoms with E-state index in [4.69, 9.17) is 11.6 Å². The average molecular weight is 410 g/mol. The molecule has 1 aliphatic carbocycles. The van der Waals surface area contributed by atoms with Crippen LogP contribution in [-0.2, 0) is 23.6 Å². The normalized spacial score (nSPS) is 17.9. The molecule has 0 radical (unpaired) electrons. The Balaban J connectivity index is 2.36. The summed E-state index contributed by atoms with van der Waals surface area (Å²) < 4.78 is 42.1. The van der Waals surface area contributed by atoms with Gasteiger partial charge in [0.2, 0.25) is 0 Å². The summed E-state index contributed by atoms with van der Waals surface area (Å²) in [6, 6.07) is 7.60. The van der Waals surface area contributed by atoms with Gasteiger partial charge in [-0.15, -0.1) is 0 Å². The molecule has 0 heterocycles. The van der Waals surface area contributed by atoms with Gasteiger partial charge in [0.05, 0.1) is 5.56 Å². The molecular weight excluding hydrogens is 387 g/mol. The molecule has 0 amide bonds. The largest absolute Gasteiger partial charge is 0.417 e. The molecule has 6 heteroatoms. The maximum atomic E-state index is 14.0. The highest BCUT2D eigenvalue weighted by Crippen LogP contribution is 2.50. The van der Waals surface area contributed by atoms with Crippen LogP contribution in [0.15, 0.2) is 35.5 Å². The first-order chi connectivity index (χ1) is 12.9. The summed E-state index contributed by atoms with van der Waals surface area (Å²) in [6.45, 7) is 7.99. The van der Waals surface area contributed by atoms with Crippen molar-refractivity contribution in [3.05, 3.63) is 62.5 Å². The second-order valence-electron chi connectivity index (χ2n) is 8.81. The molecule has 2 aromatic rings. The first-order valence-corrected chi connectivity index (χ1v) is 9.59. The Hall–Kier alpha value is -1.88. The van der Waals surface area contributed by atoms with Crippen molar-refractivity contribution in [1.29, 1.82) is 0 Å². The first-order valence-electron chi connectivity index (χ1n) is 9.21. The molecule has 28 heavy (non-hydrogen) atoms. The molecule has 0 saturated carbocycles. The summed E-state index contributed by atoms with van der Waals surface area (Å²) in [5, 5.41) is 3.05. The maximum Gasteiger partial charge on any atom is 0.417 e. The fourth-order valence-electron chi connectivity index (χ4n) is 4.02. The number of rotatable bonds is 3. The molecule has 0 bridgehead atoms. The first kappa shape index (κ1) is 20.8. The number of nitroso groups, excluding NO2 is 1. The standard InChI is InChI=1S/C22H23ClF3NO/c1-20(2)7-8-21(3,4)18-11-16(22(24,25)26)14(10-17(18)20)15-9-13(12-27-28)5-6-19(15)23/h5-6,9-11H,7-8,12H2,1-4H3. The molecule has 0 fully saturated rings. The minimum Gasteiger partial charge on any atom is -0.166 e. The molecule has 0 N–H and O–H groups in total. The van der Waals surface area contributed by atoms with Crippen LogP contribution < -0.4 is 0 Å². The number of benzene rings is 2. The van der Waals surface area contributed by atoms with E-state index >= 15 is 0 Å². The summed E-state index contributed by atoms with van der Waals surface area (Å²) in [4.78, 5) is 10.6. The molecule has 0 saturated heterocycles. The summed E-state index contributed by atoms with van der Waals surface area (Å²) in [5.74, 6) is 0. The van der Waals surface area contributed by atoms with Crippen molar-refractivity contribution in [2.75, 3.05) is 0 Å². The molecule has 0 atom stereocenters. The predicted octanol–water partition coefficient (Wildman–Crippen LogP) is 7.64. The van der Waals surface area contributed by atoms with E-state index in [9.17, 15) is 18.1 Å². The summed E-state index contributed by atoms with van der Waals surface area (Å²) in [5.41, 5.74) is 1.24. The van der Waals surface area contributed by atoms with Crippen LogP contribution in [0.3, 0.4) is 0 Å². The van der Waals surface area contributed by atoms with Gasteiger partial charge in [-0.05, 0) is 70.2 Å². The zero-order valence-electron chi connectivity index (χ0n) is 16.4.